The predicted octanol–water partition coefficient (Wildman–Crippen LogP) is 2.92. The molecule has 1 unspecified atom stereocenters. The number of nitrogens with zero attached hydrogens (tertiary/aromatic N) is 4. The summed E-state index contributed by atoms with van der Waals surface area (Å²) in [6, 6.07) is 10.9. The maximum atomic E-state index is 14.9. The number of hydrogen-bond donors (Lipinski definition) is 4. The second kappa shape index (κ2) is 8.69. The number of ether oxygens (including phenoxy) is 1. The van der Waals surface area contributed by atoms with Gasteiger partial charge in [-0.3, -0.25) is 5.32 Å². The number of guanidine groups is 1. The molecule has 0 spiro atoms. The second-order valence-corrected chi connectivity index (χ2v) is 7.01. The van der Waals surface area contributed by atoms with Crippen molar-refractivity contribution in [3.05, 3.63) is 76.4 Å². The summed E-state index contributed by atoms with van der Waals surface area (Å²) in [5.74, 6) is -0.895. The summed E-state index contributed by atoms with van der Waals surface area (Å²) in [4.78, 5) is 8.53. The molecule has 3 aromatic rings. The fraction of sp³-hybridized carbons (Fsp3) is 0.0909. The van der Waals surface area contributed by atoms with Crippen molar-refractivity contribution >= 4 is 23.3 Å². The molecule has 0 saturated carbocycles. The van der Waals surface area contributed by atoms with Gasteiger partial charge in [0.05, 0.1) is 5.69 Å². The highest BCUT2D eigenvalue weighted by molar-refractivity contribution is 5.98. The Morgan fingerprint density at radius 3 is 2.55 bits per heavy atom. The van der Waals surface area contributed by atoms with E-state index < -0.39 is 11.9 Å². The van der Waals surface area contributed by atoms with E-state index in [4.69, 9.17) is 21.5 Å². The number of nitrogens with two attached hydrogens (primary N) is 2. The zero-order chi connectivity index (χ0) is 23.5. The van der Waals surface area contributed by atoms with Gasteiger partial charge in [-0.15, -0.1) is 0 Å². The van der Waals surface area contributed by atoms with Gasteiger partial charge in [-0.1, -0.05) is 18.2 Å². The van der Waals surface area contributed by atoms with Crippen LogP contribution in [0.5, 0.6) is 5.75 Å². The first kappa shape index (κ1) is 21.3. The average molecular weight is 446 g/mol. The summed E-state index contributed by atoms with van der Waals surface area (Å²) in [7, 11) is 0. The molecule has 1 aromatic heterocycles. The van der Waals surface area contributed by atoms with Crippen LogP contribution in [-0.4, -0.2) is 10.9 Å². The van der Waals surface area contributed by atoms with Crippen molar-refractivity contribution in [3.8, 4) is 18.0 Å². The number of aromatic nitrogens is 1. The number of anilines is 3. The monoisotopic (exact) mass is 446 g/mol. The number of nitrogens with one attached hydrogen (secondary N) is 2. The minimum Gasteiger partial charge on any atom is -0.486 e. The summed E-state index contributed by atoms with van der Waals surface area (Å²) in [6.07, 6.45) is 1.74. The van der Waals surface area contributed by atoms with Crippen molar-refractivity contribution in [3.63, 3.8) is 0 Å². The van der Waals surface area contributed by atoms with E-state index in [0.29, 0.717) is 16.7 Å². The number of pyridine rings is 1. The molecule has 1 aliphatic heterocycles. The van der Waals surface area contributed by atoms with Gasteiger partial charge in [-0.05, 0) is 35.4 Å². The lowest BCUT2D eigenvalue weighted by atomic mass is 9.95. The Bertz CT molecular complexity index is 1340. The second-order valence-electron chi connectivity index (χ2n) is 7.01. The Hall–Kier alpha value is -4.90. The first-order chi connectivity index (χ1) is 15.9. The fourth-order valence-electron chi connectivity index (χ4n) is 3.37. The number of hydrogen-bond acceptors (Lipinski definition) is 9. The molecule has 33 heavy (non-hydrogen) atoms. The van der Waals surface area contributed by atoms with Gasteiger partial charge >= 0.3 is 0 Å². The number of fused-ring (bicyclic) bond motifs is 1. The smallest absolute Gasteiger partial charge is 0.211 e. The van der Waals surface area contributed by atoms with Crippen molar-refractivity contribution in [2.75, 3.05) is 16.8 Å². The van der Waals surface area contributed by atoms with Crippen molar-refractivity contribution in [2.24, 2.45) is 4.99 Å². The number of aliphatic imine (C=N–C) groups is 1. The molecule has 164 valence electrons. The SMILES string of the molecule is N#CNC1=NC(c2ccc(OCc3ccc(F)cc3)c(F)c2)c2c(nc(N)c(C#N)c2N)N1. The third-order valence-corrected chi connectivity index (χ3v) is 4.94. The first-order valence-electron chi connectivity index (χ1n) is 9.56. The molecular weight excluding hydrogens is 430 g/mol. The third-order valence-electron chi connectivity index (χ3n) is 4.94. The lowest BCUT2D eigenvalue weighted by Crippen LogP contribution is -2.32. The van der Waals surface area contributed by atoms with Crippen molar-refractivity contribution in [2.45, 2.75) is 12.6 Å². The van der Waals surface area contributed by atoms with Gasteiger partial charge < -0.3 is 21.5 Å². The molecule has 0 fully saturated rings. The summed E-state index contributed by atoms with van der Waals surface area (Å²) < 4.78 is 33.4. The minimum atomic E-state index is -0.877. The van der Waals surface area contributed by atoms with E-state index in [1.807, 2.05) is 6.07 Å². The normalized spacial score (nSPS) is 14.2. The Morgan fingerprint density at radius 2 is 1.88 bits per heavy atom. The van der Waals surface area contributed by atoms with Crippen LogP contribution >= 0.6 is 0 Å². The molecule has 0 aliphatic carbocycles. The van der Waals surface area contributed by atoms with E-state index in [2.05, 4.69) is 20.6 Å². The van der Waals surface area contributed by atoms with E-state index in [0.717, 1.165) is 0 Å². The topological polar surface area (TPSA) is 158 Å². The highest BCUT2D eigenvalue weighted by atomic mass is 19.1. The van der Waals surface area contributed by atoms with E-state index in [1.54, 1.807) is 24.4 Å². The highest BCUT2D eigenvalue weighted by Crippen LogP contribution is 2.41. The van der Waals surface area contributed by atoms with Gasteiger partial charge in [0.2, 0.25) is 5.96 Å². The molecule has 0 saturated heterocycles. The number of halogens is 2. The van der Waals surface area contributed by atoms with E-state index in [1.165, 1.54) is 24.3 Å². The molecule has 2 heterocycles. The summed E-state index contributed by atoms with van der Waals surface area (Å²) in [6.45, 7) is 0.0444. The molecule has 4 rings (SSSR count). The van der Waals surface area contributed by atoms with Crippen LogP contribution in [0.15, 0.2) is 47.5 Å². The van der Waals surface area contributed by atoms with Crippen molar-refractivity contribution in [1.82, 2.24) is 10.3 Å². The van der Waals surface area contributed by atoms with Crippen LogP contribution in [0, 0.1) is 34.4 Å². The number of nitrogen functional groups attached to an aromatic ring is 2. The van der Waals surface area contributed by atoms with Crippen LogP contribution < -0.4 is 26.8 Å². The molecular formula is C22H16F2N8O. The van der Waals surface area contributed by atoms with Gasteiger partial charge in [0.25, 0.3) is 0 Å². The quantitative estimate of drug-likeness (QED) is 0.352. The van der Waals surface area contributed by atoms with Crippen molar-refractivity contribution in [1.29, 1.82) is 10.5 Å². The molecule has 0 amide bonds. The molecule has 1 aliphatic rings. The summed E-state index contributed by atoms with van der Waals surface area (Å²) in [5.41, 5.74) is 13.4. The Labute approximate surface area is 186 Å². The van der Waals surface area contributed by atoms with E-state index >= 15 is 0 Å². The molecule has 11 heteroatoms. The summed E-state index contributed by atoms with van der Waals surface area (Å²) >= 11 is 0. The Kier molecular flexibility index (Phi) is 5.62. The van der Waals surface area contributed by atoms with Crippen LogP contribution in [0.4, 0.5) is 26.1 Å². The maximum absolute atomic E-state index is 14.9. The predicted molar refractivity (Wildman–Crippen MR) is 117 cm³/mol. The van der Waals surface area contributed by atoms with Crippen LogP contribution in [-0.2, 0) is 6.61 Å². The number of rotatable bonds is 4. The zero-order valence-electron chi connectivity index (χ0n) is 16.9. The number of nitriles is 2. The van der Waals surface area contributed by atoms with Crippen LogP contribution in [0.2, 0.25) is 0 Å². The van der Waals surface area contributed by atoms with Gasteiger partial charge in [-0.2, -0.15) is 10.5 Å². The number of benzene rings is 2. The molecule has 9 nitrogen and oxygen atoms in total. The molecule has 0 bridgehead atoms. The lowest BCUT2D eigenvalue weighted by molar-refractivity contribution is 0.290. The largest absolute Gasteiger partial charge is 0.486 e. The first-order valence-corrected chi connectivity index (χ1v) is 9.56. The molecule has 1 atom stereocenters. The standard InChI is InChI=1S/C22H16F2N8O/c23-13-4-1-11(2-5-13)9-33-16-6-3-12(7-15(16)24)19-17-18(27)14(8-25)20(28)31-21(17)32-22(30-19)29-10-26/h1-7,19H,9H2,(H6,27,28,29,30,31,32). The van der Waals surface area contributed by atoms with Crippen LogP contribution in [0.1, 0.15) is 28.3 Å². The minimum absolute atomic E-state index is 0.0160. The molecule has 0 radical (unpaired) electrons. The highest BCUT2D eigenvalue weighted by Gasteiger charge is 2.30. The van der Waals surface area contributed by atoms with Crippen LogP contribution in [0.25, 0.3) is 0 Å². The molecule has 6 N–H and O–H groups in total. The van der Waals surface area contributed by atoms with Gasteiger partial charge in [0.1, 0.15) is 41.7 Å². The third kappa shape index (κ3) is 4.16. The van der Waals surface area contributed by atoms with Gasteiger partial charge in [0, 0.05) is 5.56 Å². The van der Waals surface area contributed by atoms with Crippen molar-refractivity contribution < 1.29 is 13.5 Å². The van der Waals surface area contributed by atoms with Gasteiger partial charge in [-0.25, -0.2) is 18.8 Å². The van der Waals surface area contributed by atoms with E-state index in [-0.39, 0.29) is 47.0 Å². The fourth-order valence-corrected chi connectivity index (χ4v) is 3.37. The average Bonchev–Trinajstić information content (AvgIpc) is 2.79. The molecule has 2 aromatic carbocycles. The van der Waals surface area contributed by atoms with Crippen LogP contribution in [0.3, 0.4) is 0 Å². The Morgan fingerprint density at radius 1 is 1.12 bits per heavy atom. The lowest BCUT2D eigenvalue weighted by Gasteiger charge is -2.26. The zero-order valence-corrected chi connectivity index (χ0v) is 16.9. The van der Waals surface area contributed by atoms with E-state index in [9.17, 15) is 14.0 Å². The van der Waals surface area contributed by atoms with Gasteiger partial charge in [0.15, 0.2) is 17.8 Å². The summed E-state index contributed by atoms with van der Waals surface area (Å²) in [5, 5.41) is 23.5. The maximum Gasteiger partial charge on any atom is 0.211 e. The Balaban J connectivity index is 1.69.